The molecule has 1 saturated heterocycles. The third kappa shape index (κ3) is 3.84. The van der Waals surface area contributed by atoms with Gasteiger partial charge >= 0.3 is 0 Å². The molecule has 1 aliphatic carbocycles. The van der Waals surface area contributed by atoms with Crippen LogP contribution >= 0.6 is 11.3 Å². The van der Waals surface area contributed by atoms with E-state index < -0.39 is 0 Å². The third-order valence-electron chi connectivity index (χ3n) is 6.54. The first-order valence-electron chi connectivity index (χ1n) is 10.6. The summed E-state index contributed by atoms with van der Waals surface area (Å²) in [6.45, 7) is 10.0. The summed E-state index contributed by atoms with van der Waals surface area (Å²) in [5.74, 6) is 3.44. The number of benzene rings is 2. The first-order valence-corrected chi connectivity index (χ1v) is 11.5. The Labute approximate surface area is 177 Å². The van der Waals surface area contributed by atoms with E-state index in [0.717, 1.165) is 40.8 Å². The van der Waals surface area contributed by atoms with Crippen LogP contribution < -0.4 is 4.74 Å². The van der Waals surface area contributed by atoms with E-state index in [2.05, 4.69) is 77.6 Å². The van der Waals surface area contributed by atoms with Crippen LogP contribution in [0.1, 0.15) is 18.9 Å². The van der Waals surface area contributed by atoms with Crippen LogP contribution in [-0.4, -0.2) is 35.6 Å². The number of fused-ring (bicyclic) bond motifs is 1. The van der Waals surface area contributed by atoms with Gasteiger partial charge in [0.1, 0.15) is 5.75 Å². The highest BCUT2D eigenvalue weighted by atomic mass is 32.1. The largest absolute Gasteiger partial charge is 0.493 e. The molecule has 0 N–H and O–H groups in total. The lowest BCUT2D eigenvalue weighted by atomic mass is 10.0. The number of nitrogens with zero attached hydrogens (tertiary/aromatic N) is 2. The van der Waals surface area contributed by atoms with Crippen molar-refractivity contribution in [1.82, 2.24) is 9.88 Å². The van der Waals surface area contributed by atoms with Crippen LogP contribution in [0.4, 0.5) is 0 Å². The highest BCUT2D eigenvalue weighted by molar-refractivity contribution is 7.09. The zero-order valence-corrected chi connectivity index (χ0v) is 18.2. The predicted octanol–water partition coefficient (Wildman–Crippen LogP) is 5.75. The zero-order chi connectivity index (χ0) is 20.0. The molecule has 1 saturated carbocycles. The number of rotatable bonds is 6. The Balaban J connectivity index is 1.20. The Hall–Kier alpha value is -2.17. The zero-order valence-electron chi connectivity index (χ0n) is 17.3. The number of aromatic nitrogens is 1. The first kappa shape index (κ1) is 18.8. The van der Waals surface area contributed by atoms with Gasteiger partial charge in [0.25, 0.3) is 0 Å². The van der Waals surface area contributed by atoms with E-state index in [-0.39, 0.29) is 0 Å². The fourth-order valence-corrected chi connectivity index (χ4v) is 5.26. The molecule has 1 aliphatic heterocycles. The highest BCUT2D eigenvalue weighted by Gasteiger charge is 2.56. The van der Waals surface area contributed by atoms with E-state index >= 15 is 0 Å². The number of likely N-dealkylation sites (tertiary alicyclic amines) is 1. The summed E-state index contributed by atoms with van der Waals surface area (Å²) in [5.41, 5.74) is 4.65. The van der Waals surface area contributed by atoms with Crippen molar-refractivity contribution in [3.05, 3.63) is 58.9 Å². The number of piperidine rings is 1. The molecule has 150 valence electrons. The minimum absolute atomic E-state index is 0.676. The number of ether oxygens (including phenoxy) is 1. The molecule has 3 nitrogen and oxygen atoms in total. The Morgan fingerprint density at radius 3 is 2.41 bits per heavy atom. The molecule has 2 aromatic carbocycles. The van der Waals surface area contributed by atoms with Crippen molar-refractivity contribution in [3.63, 3.8) is 0 Å². The fourth-order valence-electron chi connectivity index (χ4n) is 4.64. The van der Waals surface area contributed by atoms with Crippen molar-refractivity contribution in [1.29, 1.82) is 0 Å². The lowest BCUT2D eigenvalue weighted by molar-refractivity contribution is 0.206. The van der Waals surface area contributed by atoms with Crippen molar-refractivity contribution >= 4 is 11.3 Å². The van der Waals surface area contributed by atoms with Crippen molar-refractivity contribution < 1.29 is 4.74 Å². The molecule has 29 heavy (non-hydrogen) atoms. The fraction of sp³-hybridized carbons (Fsp3) is 0.400. The van der Waals surface area contributed by atoms with Crippen LogP contribution in [0.15, 0.2) is 53.9 Å². The summed E-state index contributed by atoms with van der Waals surface area (Å²) in [6.07, 6.45) is 0. The number of aryl methyl sites for hydroxylation is 1. The van der Waals surface area contributed by atoms with E-state index in [9.17, 15) is 0 Å². The van der Waals surface area contributed by atoms with Gasteiger partial charge in [0, 0.05) is 36.0 Å². The van der Waals surface area contributed by atoms with Crippen LogP contribution in [0.3, 0.4) is 0 Å². The van der Waals surface area contributed by atoms with Crippen molar-refractivity contribution in [2.75, 3.05) is 19.7 Å². The number of thiazole rings is 1. The lowest BCUT2D eigenvalue weighted by Crippen LogP contribution is -2.31. The van der Waals surface area contributed by atoms with E-state index in [1.807, 2.05) is 6.92 Å². The smallest absolute Gasteiger partial charge is 0.119 e. The Bertz CT molecular complexity index is 982. The molecule has 2 heterocycles. The number of hydrogen-bond acceptors (Lipinski definition) is 4. The summed E-state index contributed by atoms with van der Waals surface area (Å²) in [7, 11) is 0. The molecule has 0 amide bonds. The van der Waals surface area contributed by atoms with Crippen LogP contribution in [0.2, 0.25) is 0 Å². The molecule has 1 aromatic heterocycles. The maximum Gasteiger partial charge on any atom is 0.119 e. The average Bonchev–Trinajstić information content (AvgIpc) is 3.07. The third-order valence-corrected chi connectivity index (χ3v) is 7.31. The highest BCUT2D eigenvalue weighted by Crippen LogP contribution is 2.52. The van der Waals surface area contributed by atoms with Gasteiger partial charge in [-0.2, -0.15) is 0 Å². The Morgan fingerprint density at radius 2 is 1.76 bits per heavy atom. The monoisotopic (exact) mass is 404 g/mol. The van der Waals surface area contributed by atoms with E-state index in [4.69, 9.17) is 4.74 Å². The summed E-state index contributed by atoms with van der Waals surface area (Å²) in [6, 6.07) is 17.8. The second-order valence-corrected chi connectivity index (χ2v) is 9.77. The molecule has 3 aromatic rings. The van der Waals surface area contributed by atoms with Gasteiger partial charge in [-0.15, -0.1) is 11.3 Å². The Kier molecular flexibility index (Phi) is 4.92. The van der Waals surface area contributed by atoms with Crippen molar-refractivity contribution in [3.8, 4) is 28.1 Å². The summed E-state index contributed by atoms with van der Waals surface area (Å²) < 4.78 is 6.12. The van der Waals surface area contributed by atoms with Crippen molar-refractivity contribution in [2.45, 2.75) is 26.8 Å². The predicted molar refractivity (Wildman–Crippen MR) is 120 cm³/mol. The van der Waals surface area contributed by atoms with E-state index in [1.165, 1.54) is 29.8 Å². The van der Waals surface area contributed by atoms with Crippen LogP contribution in [0.25, 0.3) is 22.4 Å². The first-order chi connectivity index (χ1) is 14.1. The van der Waals surface area contributed by atoms with Gasteiger partial charge in [0.05, 0.1) is 17.3 Å². The van der Waals surface area contributed by atoms with E-state index in [0.29, 0.717) is 6.04 Å². The summed E-state index contributed by atoms with van der Waals surface area (Å²) in [4.78, 5) is 7.21. The molecule has 0 radical (unpaired) electrons. The molecular formula is C25H28N2OS. The normalized spacial score (nSPS) is 23.4. The molecule has 5 rings (SSSR count). The second kappa shape index (κ2) is 7.58. The lowest BCUT2D eigenvalue weighted by Gasteiger charge is -2.23. The topological polar surface area (TPSA) is 25.4 Å². The summed E-state index contributed by atoms with van der Waals surface area (Å²) in [5, 5.41) is 3.22. The van der Waals surface area contributed by atoms with Gasteiger partial charge < -0.3 is 9.64 Å². The molecule has 4 heteroatoms. The molecule has 2 aliphatic rings. The van der Waals surface area contributed by atoms with Crippen LogP contribution in [-0.2, 0) is 0 Å². The maximum atomic E-state index is 6.12. The van der Waals surface area contributed by atoms with Crippen molar-refractivity contribution in [2.24, 2.45) is 17.8 Å². The molecule has 2 atom stereocenters. The minimum Gasteiger partial charge on any atom is -0.493 e. The molecule has 0 spiro atoms. The molecule has 2 fully saturated rings. The van der Waals surface area contributed by atoms with Gasteiger partial charge in [0.2, 0.25) is 0 Å². The van der Waals surface area contributed by atoms with Gasteiger partial charge in [-0.3, -0.25) is 0 Å². The van der Waals surface area contributed by atoms with Gasteiger partial charge in [-0.05, 0) is 61.9 Å². The minimum atomic E-state index is 0.676. The average molecular weight is 405 g/mol. The quantitative estimate of drug-likeness (QED) is 0.523. The van der Waals surface area contributed by atoms with Crippen LogP contribution in [0, 0.1) is 24.7 Å². The van der Waals surface area contributed by atoms with Gasteiger partial charge in [-0.25, -0.2) is 4.98 Å². The standard InChI is InChI=1S/C25H28N2OS/c1-16(2)27-12-22-23(13-27)24(22)14-28-21-9-7-18(8-10-21)19-5-4-6-20(11-19)25-15-29-17(3)26-25/h4-11,15-16,22-24H,12-14H2,1-3H3. The van der Waals surface area contributed by atoms with Gasteiger partial charge in [0.15, 0.2) is 0 Å². The maximum absolute atomic E-state index is 6.12. The molecule has 0 bridgehead atoms. The van der Waals surface area contributed by atoms with Crippen LogP contribution in [0.5, 0.6) is 5.75 Å². The van der Waals surface area contributed by atoms with Gasteiger partial charge in [-0.1, -0.05) is 30.3 Å². The Morgan fingerprint density at radius 1 is 1.03 bits per heavy atom. The number of hydrogen-bond donors (Lipinski definition) is 0. The second-order valence-electron chi connectivity index (χ2n) is 8.71. The summed E-state index contributed by atoms with van der Waals surface area (Å²) >= 11 is 1.69. The molecular weight excluding hydrogens is 376 g/mol. The SMILES string of the molecule is Cc1nc(-c2cccc(-c3ccc(OCC4C5CN(C(C)C)CC45)cc3)c2)cs1. The molecule has 2 unspecified atom stereocenters. The van der Waals surface area contributed by atoms with E-state index in [1.54, 1.807) is 11.3 Å².